The van der Waals surface area contributed by atoms with Gasteiger partial charge in [-0.1, -0.05) is 5.16 Å². The van der Waals surface area contributed by atoms with Crippen LogP contribution in [0.25, 0.3) is 0 Å². The van der Waals surface area contributed by atoms with E-state index in [4.69, 9.17) is 9.88 Å². The highest BCUT2D eigenvalue weighted by molar-refractivity contribution is 9.10. The average Bonchev–Trinajstić information content (AvgIpc) is 3.29. The van der Waals surface area contributed by atoms with Crippen LogP contribution in [-0.2, 0) is 10.2 Å². The topological polar surface area (TPSA) is 156 Å². The smallest absolute Gasteiger partial charge is 0.287 e. The van der Waals surface area contributed by atoms with Gasteiger partial charge in [0.2, 0.25) is 11.5 Å². The maximum Gasteiger partial charge on any atom is 0.287 e. The van der Waals surface area contributed by atoms with Crippen LogP contribution >= 0.6 is 15.9 Å². The van der Waals surface area contributed by atoms with Crippen LogP contribution < -0.4 is 15.2 Å². The third-order valence-corrected chi connectivity index (χ3v) is 5.69. The molecule has 11 nitrogen and oxygen atoms in total. The van der Waals surface area contributed by atoms with Gasteiger partial charge in [0.05, 0.1) is 11.1 Å². The lowest BCUT2D eigenvalue weighted by atomic mass is 10.1. The number of oxime groups is 1. The Kier molecular flexibility index (Phi) is 6.12. The Balaban J connectivity index is 1.66. The zero-order chi connectivity index (χ0) is 20.3. The number of nitrogens with zero attached hydrogens (tertiary/aromatic N) is 4. The number of anilines is 1. The van der Waals surface area contributed by atoms with Crippen molar-refractivity contribution in [1.82, 2.24) is 14.6 Å². The largest absolute Gasteiger partial charge is 0.473 e. The highest BCUT2D eigenvalue weighted by atomic mass is 79.9. The van der Waals surface area contributed by atoms with E-state index in [1.807, 2.05) is 0 Å². The Labute approximate surface area is 167 Å². The average molecular weight is 479 g/mol. The number of hydrogen-bond donors (Lipinski definition) is 3. The molecule has 0 bridgehead atoms. The number of nitrogens with one attached hydrogen (secondary N) is 1. The summed E-state index contributed by atoms with van der Waals surface area (Å²) in [6.07, 6.45) is 0.569. The monoisotopic (exact) mass is 478 g/mol. The Morgan fingerprint density at radius 2 is 2.32 bits per heavy atom. The zero-order valence-electron chi connectivity index (χ0n) is 14.2. The normalized spacial score (nSPS) is 18.4. The van der Waals surface area contributed by atoms with Gasteiger partial charge in [0, 0.05) is 24.7 Å². The molecule has 4 N–H and O–H groups in total. The molecule has 1 unspecified atom stereocenters. The molecule has 14 heteroatoms. The molecule has 0 aliphatic carbocycles. The van der Waals surface area contributed by atoms with Crippen LogP contribution in [0.4, 0.5) is 10.1 Å². The van der Waals surface area contributed by atoms with Crippen LogP contribution in [0.5, 0.6) is 5.88 Å². The fraction of sp³-hybridized carbons (Fsp3) is 0.357. The third kappa shape index (κ3) is 4.76. The van der Waals surface area contributed by atoms with Crippen LogP contribution in [0.2, 0.25) is 0 Å². The maximum absolute atomic E-state index is 13.3. The number of amidine groups is 1. The summed E-state index contributed by atoms with van der Waals surface area (Å²) in [6, 6.07) is 4.09. The molecular weight excluding hydrogens is 463 g/mol. The second kappa shape index (κ2) is 8.38. The molecule has 0 radical (unpaired) electrons. The first-order valence-corrected chi connectivity index (χ1v) is 10.2. The van der Waals surface area contributed by atoms with E-state index in [9.17, 15) is 18.0 Å². The van der Waals surface area contributed by atoms with Crippen LogP contribution in [-0.4, -0.2) is 53.8 Å². The fourth-order valence-corrected chi connectivity index (χ4v) is 3.78. The maximum atomic E-state index is 13.3. The summed E-state index contributed by atoms with van der Waals surface area (Å²) in [6.45, 7) is 0.664. The molecule has 3 rings (SSSR count). The van der Waals surface area contributed by atoms with E-state index in [1.165, 1.54) is 18.2 Å². The van der Waals surface area contributed by atoms with Crippen molar-refractivity contribution in [2.45, 2.75) is 6.42 Å². The number of nitrogens with two attached hydrogens (primary N) is 1. The molecule has 1 atom stereocenters. The van der Waals surface area contributed by atoms with Crippen molar-refractivity contribution < 1.29 is 27.4 Å². The molecule has 1 fully saturated rings. The summed E-state index contributed by atoms with van der Waals surface area (Å²) in [5.74, 6) is -0.730. The molecular formula is C14H16BrFN6O5S. The standard InChI is InChI=1S/C14H16BrFN6O5S/c15-10-5-9(1-2-11(10)16)18-13(19-23)12-14(21-27-20-12)26-7-8-3-4-22(6-8)28(17,24)25/h1-2,5,8,23H,3-4,6-7H2,(H,18,19)(H2,17,24,25). The summed E-state index contributed by atoms with van der Waals surface area (Å²) in [7, 11) is -3.74. The minimum absolute atomic E-state index is 0.00996. The van der Waals surface area contributed by atoms with Crippen LogP contribution in [0.15, 0.2) is 32.5 Å². The molecule has 2 aromatic rings. The second-order valence-corrected chi connectivity index (χ2v) is 8.39. The molecule has 0 saturated carbocycles. The molecule has 1 aliphatic heterocycles. The molecule has 152 valence electrons. The number of rotatable bonds is 6. The number of aromatic nitrogens is 2. The lowest BCUT2D eigenvalue weighted by Crippen LogP contribution is -2.35. The van der Waals surface area contributed by atoms with Gasteiger partial charge in [-0.05, 0) is 50.9 Å². The van der Waals surface area contributed by atoms with Crippen LogP contribution in [0.1, 0.15) is 12.1 Å². The Morgan fingerprint density at radius 1 is 1.54 bits per heavy atom. The fourth-order valence-electron chi connectivity index (χ4n) is 2.62. The summed E-state index contributed by atoms with van der Waals surface area (Å²) in [5, 5.41) is 27.5. The lowest BCUT2D eigenvalue weighted by Gasteiger charge is -2.13. The Bertz CT molecular complexity index is 984. The van der Waals surface area contributed by atoms with Crippen molar-refractivity contribution in [2.24, 2.45) is 16.2 Å². The lowest BCUT2D eigenvalue weighted by molar-refractivity contribution is 0.223. The van der Waals surface area contributed by atoms with Crippen molar-refractivity contribution in [2.75, 3.05) is 25.0 Å². The van der Waals surface area contributed by atoms with Gasteiger partial charge in [-0.2, -0.15) is 12.7 Å². The molecule has 28 heavy (non-hydrogen) atoms. The van der Waals surface area contributed by atoms with Crippen molar-refractivity contribution in [3.05, 3.63) is 34.2 Å². The van der Waals surface area contributed by atoms with Crippen LogP contribution in [0.3, 0.4) is 0 Å². The first kappa shape index (κ1) is 20.4. The molecule has 2 heterocycles. The number of ether oxygens (including phenoxy) is 1. The zero-order valence-corrected chi connectivity index (χ0v) is 16.7. The first-order chi connectivity index (χ1) is 13.3. The van der Waals surface area contributed by atoms with Crippen LogP contribution in [0, 0.1) is 11.7 Å². The highest BCUT2D eigenvalue weighted by Crippen LogP contribution is 2.23. The first-order valence-electron chi connectivity index (χ1n) is 7.95. The molecule has 0 amide bonds. The van der Waals surface area contributed by atoms with Gasteiger partial charge in [0.25, 0.3) is 16.1 Å². The van der Waals surface area contributed by atoms with E-state index in [0.29, 0.717) is 18.7 Å². The van der Waals surface area contributed by atoms with E-state index < -0.39 is 16.0 Å². The second-order valence-electron chi connectivity index (χ2n) is 5.99. The number of halogens is 2. The van der Waals surface area contributed by atoms with Gasteiger partial charge in [0.15, 0.2) is 0 Å². The van der Waals surface area contributed by atoms with Crippen molar-refractivity contribution >= 4 is 37.7 Å². The molecule has 1 saturated heterocycles. The third-order valence-electron chi connectivity index (χ3n) is 4.03. The van der Waals surface area contributed by atoms with Gasteiger partial charge in [-0.25, -0.2) is 14.2 Å². The highest BCUT2D eigenvalue weighted by Gasteiger charge is 2.30. The van der Waals surface area contributed by atoms with Gasteiger partial charge >= 0.3 is 0 Å². The van der Waals surface area contributed by atoms with Crippen molar-refractivity contribution in [3.63, 3.8) is 0 Å². The summed E-state index contributed by atoms with van der Waals surface area (Å²) in [5.41, 5.74) is 0.402. The molecule has 1 aliphatic rings. The molecule has 1 aromatic carbocycles. The van der Waals surface area contributed by atoms with E-state index in [1.54, 1.807) is 0 Å². The summed E-state index contributed by atoms with van der Waals surface area (Å²) < 4.78 is 47.6. The molecule has 0 spiro atoms. The van der Waals surface area contributed by atoms with E-state index in [2.05, 4.69) is 41.3 Å². The summed E-state index contributed by atoms with van der Waals surface area (Å²) in [4.78, 5) is 0. The van der Waals surface area contributed by atoms with E-state index in [-0.39, 0.29) is 41.0 Å². The quantitative estimate of drug-likeness (QED) is 0.241. The number of benzene rings is 1. The van der Waals surface area contributed by atoms with Crippen molar-refractivity contribution in [1.29, 1.82) is 0 Å². The van der Waals surface area contributed by atoms with Crippen molar-refractivity contribution in [3.8, 4) is 5.88 Å². The SMILES string of the molecule is NS(=O)(=O)N1CCC(COc2nonc2/C(=N/O)Nc2ccc(F)c(Br)c2)C1. The van der Waals surface area contributed by atoms with Gasteiger partial charge in [-0.15, -0.1) is 0 Å². The van der Waals surface area contributed by atoms with Gasteiger partial charge in [-0.3, -0.25) is 0 Å². The minimum Gasteiger partial charge on any atom is -0.473 e. The van der Waals surface area contributed by atoms with E-state index >= 15 is 0 Å². The Hall–Kier alpha value is -2.29. The van der Waals surface area contributed by atoms with Gasteiger partial charge < -0.3 is 15.3 Å². The predicted octanol–water partition coefficient (Wildman–Crippen LogP) is 1.12. The predicted molar refractivity (Wildman–Crippen MR) is 98.6 cm³/mol. The van der Waals surface area contributed by atoms with Gasteiger partial charge in [0.1, 0.15) is 5.82 Å². The minimum atomic E-state index is -3.74. The number of hydrogen-bond acceptors (Lipinski definition) is 8. The van der Waals surface area contributed by atoms with E-state index in [0.717, 1.165) is 4.31 Å². The summed E-state index contributed by atoms with van der Waals surface area (Å²) >= 11 is 3.06. The Morgan fingerprint density at radius 3 is 2.96 bits per heavy atom. The molecule has 1 aromatic heterocycles.